The van der Waals surface area contributed by atoms with Gasteiger partial charge in [-0.15, -0.1) is 0 Å². The number of hydrogen-bond acceptors (Lipinski definition) is 6. The molecule has 2 aliphatic rings. The number of carbonyl (C=O) groups excluding carboxylic acids is 4. The summed E-state index contributed by atoms with van der Waals surface area (Å²) in [7, 11) is 0. The largest absolute Gasteiger partial charge is 0.452 e. The van der Waals surface area contributed by atoms with Gasteiger partial charge in [0.25, 0.3) is 11.8 Å². The highest BCUT2D eigenvalue weighted by Crippen LogP contribution is 2.35. The maximum Gasteiger partial charge on any atom is 0.344 e. The molecule has 8 nitrogen and oxygen atoms in total. The molecule has 1 aromatic rings. The maximum atomic E-state index is 12.7. The van der Waals surface area contributed by atoms with E-state index >= 15 is 0 Å². The van der Waals surface area contributed by atoms with E-state index in [0.29, 0.717) is 23.8 Å². The Morgan fingerprint density at radius 1 is 1.28 bits per heavy atom. The molecule has 0 atom stereocenters. The number of hydrazine groups is 1. The second-order valence-corrected chi connectivity index (χ2v) is 8.19. The van der Waals surface area contributed by atoms with E-state index in [2.05, 4.69) is 17.7 Å². The van der Waals surface area contributed by atoms with Crippen molar-refractivity contribution >= 4 is 35.6 Å². The molecular formula is C20H23N3O5S. The standard InChI is InChI=1S/C20H23N3O5S/c1-14-7-10-20(11-8-14)18(26)23(19(27)21-20)22-16(24)13-28-17(25)9-12-29-15-5-3-2-4-6-15/h2-6,9,12,14H,7-8,10-11,13H2,1H3,(H,21,27)(H,22,24)/b12-9+. The van der Waals surface area contributed by atoms with Gasteiger partial charge in [-0.05, 0) is 49.1 Å². The Kier molecular flexibility index (Phi) is 6.58. The Morgan fingerprint density at radius 2 is 1.97 bits per heavy atom. The number of ether oxygens (including phenoxy) is 1. The number of rotatable bonds is 6. The topological polar surface area (TPSA) is 105 Å². The summed E-state index contributed by atoms with van der Waals surface area (Å²) in [5.74, 6) is -1.42. The van der Waals surface area contributed by atoms with Crippen molar-refractivity contribution in [3.8, 4) is 0 Å². The molecule has 1 aromatic carbocycles. The number of urea groups is 1. The summed E-state index contributed by atoms with van der Waals surface area (Å²) in [4.78, 5) is 49.5. The van der Waals surface area contributed by atoms with Crippen molar-refractivity contribution in [3.05, 3.63) is 41.8 Å². The summed E-state index contributed by atoms with van der Waals surface area (Å²) in [5, 5.41) is 4.95. The zero-order valence-corrected chi connectivity index (χ0v) is 16.9. The van der Waals surface area contributed by atoms with E-state index in [1.807, 2.05) is 30.3 Å². The minimum Gasteiger partial charge on any atom is -0.452 e. The van der Waals surface area contributed by atoms with Crippen LogP contribution in [0.4, 0.5) is 4.79 Å². The monoisotopic (exact) mass is 417 g/mol. The highest BCUT2D eigenvalue weighted by Gasteiger charge is 2.52. The summed E-state index contributed by atoms with van der Waals surface area (Å²) < 4.78 is 4.85. The fourth-order valence-electron chi connectivity index (χ4n) is 3.32. The lowest BCUT2D eigenvalue weighted by Crippen LogP contribution is -2.52. The van der Waals surface area contributed by atoms with E-state index < -0.39 is 36.0 Å². The van der Waals surface area contributed by atoms with Crippen LogP contribution in [0.25, 0.3) is 0 Å². The molecule has 1 spiro atoms. The van der Waals surface area contributed by atoms with Crippen molar-refractivity contribution in [2.45, 2.75) is 43.0 Å². The SMILES string of the molecule is CC1CCC2(CC1)NC(=O)N(NC(=O)COC(=O)/C=C/Sc1ccccc1)C2=O. The fourth-order valence-corrected chi connectivity index (χ4v) is 3.98. The first-order valence-corrected chi connectivity index (χ1v) is 10.3. The Morgan fingerprint density at radius 3 is 2.66 bits per heavy atom. The normalized spacial score (nSPS) is 24.0. The van der Waals surface area contributed by atoms with Gasteiger partial charge in [0.2, 0.25) is 0 Å². The van der Waals surface area contributed by atoms with Gasteiger partial charge in [-0.1, -0.05) is 36.9 Å². The summed E-state index contributed by atoms with van der Waals surface area (Å²) in [6, 6.07) is 8.78. The lowest BCUT2D eigenvalue weighted by Gasteiger charge is -2.33. The molecule has 2 fully saturated rings. The first-order valence-electron chi connectivity index (χ1n) is 9.41. The average molecular weight is 417 g/mol. The lowest BCUT2D eigenvalue weighted by atomic mass is 9.77. The van der Waals surface area contributed by atoms with Crippen LogP contribution in [0.3, 0.4) is 0 Å². The molecule has 1 aliphatic heterocycles. The van der Waals surface area contributed by atoms with Gasteiger partial charge in [-0.25, -0.2) is 9.59 Å². The Labute approximate surface area is 173 Å². The summed E-state index contributed by atoms with van der Waals surface area (Å²) in [6.07, 6.45) is 3.96. The van der Waals surface area contributed by atoms with Crippen LogP contribution in [0.2, 0.25) is 0 Å². The molecule has 1 aliphatic carbocycles. The van der Waals surface area contributed by atoms with Crippen molar-refractivity contribution in [1.82, 2.24) is 15.8 Å². The highest BCUT2D eigenvalue weighted by molar-refractivity contribution is 8.02. The van der Waals surface area contributed by atoms with Gasteiger partial charge < -0.3 is 10.1 Å². The minimum absolute atomic E-state index is 0.465. The zero-order chi connectivity index (χ0) is 20.9. The molecule has 3 rings (SSSR count). The molecule has 0 unspecified atom stereocenters. The van der Waals surface area contributed by atoms with Gasteiger partial charge in [0.05, 0.1) is 0 Å². The van der Waals surface area contributed by atoms with Crippen LogP contribution in [0.5, 0.6) is 0 Å². The number of thioether (sulfide) groups is 1. The third-order valence-electron chi connectivity index (χ3n) is 5.02. The minimum atomic E-state index is -0.940. The first kappa shape index (κ1) is 20.9. The molecule has 1 saturated heterocycles. The molecular weight excluding hydrogens is 394 g/mol. The summed E-state index contributed by atoms with van der Waals surface area (Å²) >= 11 is 1.33. The molecule has 9 heteroatoms. The van der Waals surface area contributed by atoms with E-state index in [9.17, 15) is 19.2 Å². The second-order valence-electron chi connectivity index (χ2n) is 7.21. The Balaban J connectivity index is 1.45. The molecule has 1 heterocycles. The smallest absolute Gasteiger partial charge is 0.344 e. The molecule has 0 radical (unpaired) electrons. The van der Waals surface area contributed by atoms with Crippen molar-refractivity contribution in [2.75, 3.05) is 6.61 Å². The molecule has 154 valence electrons. The predicted octanol–water partition coefficient (Wildman–Crippen LogP) is 2.37. The Bertz CT molecular complexity index is 819. The molecule has 0 bridgehead atoms. The van der Waals surface area contributed by atoms with Crippen LogP contribution < -0.4 is 10.7 Å². The van der Waals surface area contributed by atoms with Crippen LogP contribution in [0.15, 0.2) is 46.7 Å². The molecule has 4 amide bonds. The highest BCUT2D eigenvalue weighted by atomic mass is 32.2. The van der Waals surface area contributed by atoms with Crippen LogP contribution in [0, 0.1) is 5.92 Å². The van der Waals surface area contributed by atoms with E-state index in [1.54, 1.807) is 5.41 Å². The van der Waals surface area contributed by atoms with Crippen molar-refractivity contribution < 1.29 is 23.9 Å². The van der Waals surface area contributed by atoms with Gasteiger partial charge in [-0.2, -0.15) is 5.01 Å². The van der Waals surface area contributed by atoms with Gasteiger partial charge in [0.1, 0.15) is 5.54 Å². The number of nitrogens with one attached hydrogen (secondary N) is 2. The van der Waals surface area contributed by atoms with E-state index in [4.69, 9.17) is 4.74 Å². The average Bonchev–Trinajstić information content (AvgIpc) is 2.94. The predicted molar refractivity (Wildman–Crippen MR) is 106 cm³/mol. The number of nitrogens with zero attached hydrogens (tertiary/aromatic N) is 1. The van der Waals surface area contributed by atoms with E-state index in [1.165, 1.54) is 17.8 Å². The number of benzene rings is 1. The number of carbonyl (C=O) groups is 4. The van der Waals surface area contributed by atoms with Crippen molar-refractivity contribution in [1.29, 1.82) is 0 Å². The van der Waals surface area contributed by atoms with Crippen molar-refractivity contribution in [2.24, 2.45) is 5.92 Å². The molecule has 1 saturated carbocycles. The Hall–Kier alpha value is -2.81. The van der Waals surface area contributed by atoms with Crippen LogP contribution in [-0.4, -0.2) is 41.0 Å². The van der Waals surface area contributed by atoms with Crippen LogP contribution in [0.1, 0.15) is 32.6 Å². The molecule has 29 heavy (non-hydrogen) atoms. The number of esters is 1. The summed E-state index contributed by atoms with van der Waals surface area (Å²) in [5.41, 5.74) is 1.29. The first-order chi connectivity index (χ1) is 13.9. The summed E-state index contributed by atoms with van der Waals surface area (Å²) in [6.45, 7) is 1.51. The zero-order valence-electron chi connectivity index (χ0n) is 16.1. The maximum absolute atomic E-state index is 12.7. The quantitative estimate of drug-likeness (QED) is 0.319. The second kappa shape index (κ2) is 9.13. The van der Waals surface area contributed by atoms with Crippen LogP contribution in [-0.2, 0) is 19.1 Å². The molecule has 2 N–H and O–H groups in total. The van der Waals surface area contributed by atoms with E-state index in [-0.39, 0.29) is 0 Å². The van der Waals surface area contributed by atoms with Crippen molar-refractivity contribution in [3.63, 3.8) is 0 Å². The van der Waals surface area contributed by atoms with Gasteiger partial charge in [0, 0.05) is 11.0 Å². The number of imide groups is 1. The van der Waals surface area contributed by atoms with Gasteiger partial charge >= 0.3 is 12.0 Å². The lowest BCUT2D eigenvalue weighted by molar-refractivity contribution is -0.147. The third-order valence-corrected chi connectivity index (χ3v) is 5.84. The number of hydrogen-bond donors (Lipinski definition) is 2. The van der Waals surface area contributed by atoms with E-state index in [0.717, 1.165) is 17.7 Å². The molecule has 0 aromatic heterocycles. The number of amides is 4. The van der Waals surface area contributed by atoms with Gasteiger partial charge in [0.15, 0.2) is 6.61 Å². The van der Waals surface area contributed by atoms with Crippen LogP contribution >= 0.6 is 11.8 Å². The fraction of sp³-hybridized carbons (Fsp3) is 0.400. The van der Waals surface area contributed by atoms with Gasteiger partial charge in [-0.3, -0.25) is 15.0 Å². The third kappa shape index (κ3) is 5.17.